The highest BCUT2D eigenvalue weighted by molar-refractivity contribution is 6.01. The van der Waals surface area contributed by atoms with Gasteiger partial charge in [-0.25, -0.2) is 0 Å². The lowest BCUT2D eigenvalue weighted by molar-refractivity contribution is -0.113. The van der Waals surface area contributed by atoms with E-state index in [0.717, 1.165) is 24.1 Å². The molecule has 0 aromatic heterocycles. The fraction of sp³-hybridized carbons (Fsp3) is 0.278. The second-order valence-corrected chi connectivity index (χ2v) is 4.84. The Kier molecular flexibility index (Phi) is 4.79. The summed E-state index contributed by atoms with van der Waals surface area (Å²) in [6.45, 7) is 3.52. The number of anilines is 1. The average molecular weight is 265 g/mol. The number of hydrogen-bond acceptors (Lipinski definition) is 1. The van der Waals surface area contributed by atoms with E-state index in [-0.39, 0.29) is 5.91 Å². The molecule has 2 heteroatoms. The summed E-state index contributed by atoms with van der Waals surface area (Å²) in [6.07, 6.45) is 8.21. The molecule has 0 atom stereocenters. The molecule has 0 bridgehead atoms. The first-order valence-corrected chi connectivity index (χ1v) is 6.92. The molecule has 0 aliphatic heterocycles. The maximum Gasteiger partial charge on any atom is 0.250 e. The molecule has 0 N–H and O–H groups in total. The van der Waals surface area contributed by atoms with E-state index in [1.165, 1.54) is 24.5 Å². The van der Waals surface area contributed by atoms with Crippen LogP contribution in [0.15, 0.2) is 48.6 Å². The summed E-state index contributed by atoms with van der Waals surface area (Å²) in [4.78, 5) is 13.3. The lowest BCUT2D eigenvalue weighted by atomic mass is 10.00. The van der Waals surface area contributed by atoms with Gasteiger partial charge >= 0.3 is 0 Å². The van der Waals surface area contributed by atoms with Crippen molar-refractivity contribution in [1.29, 1.82) is 0 Å². The zero-order valence-corrected chi connectivity index (χ0v) is 11.9. The Bertz CT molecular complexity index is 601. The largest absolute Gasteiger partial charge is 0.311 e. The number of allylic oxidation sites excluding steroid dienone is 2. The molecule has 0 saturated carbocycles. The highest BCUT2D eigenvalue weighted by atomic mass is 16.2. The summed E-state index contributed by atoms with van der Waals surface area (Å²) in [6, 6.07) is 7.70. The number of likely N-dealkylation sites (N-methyl/N-ethyl adjacent to an activating group) is 1. The first-order valence-electron chi connectivity index (χ1n) is 6.92. The number of carbonyl (C=O) groups is 1. The number of rotatable bonds is 2. The van der Waals surface area contributed by atoms with Crippen molar-refractivity contribution >= 4 is 11.6 Å². The van der Waals surface area contributed by atoms with Crippen molar-refractivity contribution in [1.82, 2.24) is 0 Å². The van der Waals surface area contributed by atoms with E-state index in [2.05, 4.69) is 24.5 Å². The molecule has 1 amide bonds. The van der Waals surface area contributed by atoms with Gasteiger partial charge in [0.2, 0.25) is 5.91 Å². The van der Waals surface area contributed by atoms with Gasteiger partial charge in [-0.2, -0.15) is 0 Å². The van der Waals surface area contributed by atoms with E-state index >= 15 is 0 Å². The number of amides is 1. The average Bonchev–Trinajstić information content (AvgIpc) is 2.52. The van der Waals surface area contributed by atoms with Crippen LogP contribution in [0.3, 0.4) is 0 Å². The zero-order chi connectivity index (χ0) is 14.4. The molecule has 0 saturated heterocycles. The van der Waals surface area contributed by atoms with Crippen LogP contribution >= 0.6 is 0 Å². The summed E-state index contributed by atoms with van der Waals surface area (Å²) in [7, 11) is 1.74. The van der Waals surface area contributed by atoms with Crippen molar-refractivity contribution in [3.05, 3.63) is 54.1 Å². The van der Waals surface area contributed by atoms with Crippen molar-refractivity contribution in [2.24, 2.45) is 0 Å². The number of para-hydroxylation sites is 1. The quantitative estimate of drug-likeness (QED) is 0.590. The van der Waals surface area contributed by atoms with E-state index in [0.29, 0.717) is 0 Å². The molecule has 0 heterocycles. The third kappa shape index (κ3) is 3.39. The number of nitrogens with zero attached hydrogens (tertiary/aromatic N) is 1. The molecule has 0 radical (unpaired) electrons. The molecule has 2 rings (SSSR count). The Balaban J connectivity index is 2.28. The van der Waals surface area contributed by atoms with Crippen molar-refractivity contribution in [3.63, 3.8) is 0 Å². The molecular formula is C18H19NO. The normalized spacial score (nSPS) is 13.8. The van der Waals surface area contributed by atoms with Crippen molar-refractivity contribution in [3.8, 4) is 11.8 Å². The second kappa shape index (κ2) is 6.77. The maximum absolute atomic E-state index is 11.7. The van der Waals surface area contributed by atoms with Gasteiger partial charge in [0.1, 0.15) is 0 Å². The van der Waals surface area contributed by atoms with Crippen LogP contribution in [-0.4, -0.2) is 13.0 Å². The first kappa shape index (κ1) is 14.1. The molecule has 20 heavy (non-hydrogen) atoms. The predicted molar refractivity (Wildman–Crippen MR) is 83.5 cm³/mol. The van der Waals surface area contributed by atoms with Crippen molar-refractivity contribution in [2.45, 2.75) is 25.7 Å². The summed E-state index contributed by atoms with van der Waals surface area (Å²) in [5.74, 6) is 6.31. The summed E-state index contributed by atoms with van der Waals surface area (Å²) in [5.41, 5.74) is 2.90. The van der Waals surface area contributed by atoms with Gasteiger partial charge in [0.25, 0.3) is 0 Å². The Morgan fingerprint density at radius 1 is 1.30 bits per heavy atom. The number of hydrogen-bond donors (Lipinski definition) is 0. The Morgan fingerprint density at radius 2 is 2.10 bits per heavy atom. The van der Waals surface area contributed by atoms with E-state index in [9.17, 15) is 4.79 Å². The fourth-order valence-corrected chi connectivity index (χ4v) is 2.23. The molecular weight excluding hydrogens is 246 g/mol. The van der Waals surface area contributed by atoms with Gasteiger partial charge in [0, 0.05) is 12.6 Å². The molecule has 102 valence electrons. The van der Waals surface area contributed by atoms with Crippen LogP contribution in [-0.2, 0) is 4.79 Å². The Hall–Kier alpha value is -2.27. The fourth-order valence-electron chi connectivity index (χ4n) is 2.23. The SMILES string of the molecule is C=CC(=O)N(C)c1ccccc1C#CC1=CCCCC1. The lowest BCUT2D eigenvalue weighted by Gasteiger charge is -2.16. The van der Waals surface area contributed by atoms with Crippen molar-refractivity contribution in [2.75, 3.05) is 11.9 Å². The van der Waals surface area contributed by atoms with Gasteiger partial charge in [-0.3, -0.25) is 4.79 Å². The standard InChI is InChI=1S/C18H19NO/c1-3-18(20)19(2)17-12-8-7-11-16(17)14-13-15-9-5-4-6-10-15/h3,7-9,11-12H,1,4-6,10H2,2H3. The van der Waals surface area contributed by atoms with Crippen LogP contribution in [0, 0.1) is 11.8 Å². The summed E-state index contributed by atoms with van der Waals surface area (Å²) >= 11 is 0. The minimum atomic E-state index is -0.129. The Labute approximate surface area is 120 Å². The van der Waals surface area contributed by atoms with E-state index in [1.54, 1.807) is 11.9 Å². The first-order chi connectivity index (χ1) is 9.72. The van der Waals surface area contributed by atoms with Gasteiger partial charge in [0.15, 0.2) is 0 Å². The maximum atomic E-state index is 11.7. The third-order valence-electron chi connectivity index (χ3n) is 3.42. The second-order valence-electron chi connectivity index (χ2n) is 4.84. The molecule has 1 aromatic rings. The van der Waals surface area contributed by atoms with Crippen LogP contribution in [0.2, 0.25) is 0 Å². The number of benzene rings is 1. The van der Waals surface area contributed by atoms with E-state index in [1.807, 2.05) is 24.3 Å². The lowest BCUT2D eigenvalue weighted by Crippen LogP contribution is -2.24. The van der Waals surface area contributed by atoms with Crippen LogP contribution < -0.4 is 4.90 Å². The third-order valence-corrected chi connectivity index (χ3v) is 3.42. The van der Waals surface area contributed by atoms with Crippen LogP contribution in [0.5, 0.6) is 0 Å². The number of carbonyl (C=O) groups excluding carboxylic acids is 1. The molecule has 1 aliphatic carbocycles. The highest BCUT2D eigenvalue weighted by Gasteiger charge is 2.10. The van der Waals surface area contributed by atoms with Crippen LogP contribution in [0.25, 0.3) is 0 Å². The topological polar surface area (TPSA) is 20.3 Å². The van der Waals surface area contributed by atoms with E-state index < -0.39 is 0 Å². The van der Waals surface area contributed by atoms with Gasteiger partial charge < -0.3 is 4.90 Å². The van der Waals surface area contributed by atoms with Gasteiger partial charge in [-0.1, -0.05) is 36.6 Å². The Morgan fingerprint density at radius 3 is 2.80 bits per heavy atom. The predicted octanol–water partition coefficient (Wildman–Crippen LogP) is 3.69. The van der Waals surface area contributed by atoms with Crippen molar-refractivity contribution < 1.29 is 4.79 Å². The smallest absolute Gasteiger partial charge is 0.250 e. The molecule has 1 aliphatic rings. The minimum Gasteiger partial charge on any atom is -0.311 e. The summed E-state index contributed by atoms with van der Waals surface area (Å²) < 4.78 is 0. The minimum absolute atomic E-state index is 0.129. The van der Waals surface area contributed by atoms with Gasteiger partial charge in [-0.15, -0.1) is 0 Å². The monoisotopic (exact) mass is 265 g/mol. The zero-order valence-electron chi connectivity index (χ0n) is 11.9. The van der Waals surface area contributed by atoms with Gasteiger partial charge in [-0.05, 0) is 49.5 Å². The molecule has 0 unspecified atom stereocenters. The van der Waals surface area contributed by atoms with Crippen LogP contribution in [0.4, 0.5) is 5.69 Å². The summed E-state index contributed by atoms with van der Waals surface area (Å²) in [5, 5.41) is 0. The molecule has 0 spiro atoms. The molecule has 2 nitrogen and oxygen atoms in total. The van der Waals surface area contributed by atoms with Gasteiger partial charge in [0.05, 0.1) is 5.69 Å². The van der Waals surface area contributed by atoms with E-state index in [4.69, 9.17) is 0 Å². The van der Waals surface area contributed by atoms with Crippen LogP contribution in [0.1, 0.15) is 31.2 Å². The highest BCUT2D eigenvalue weighted by Crippen LogP contribution is 2.20. The molecule has 1 aromatic carbocycles. The molecule has 0 fully saturated rings.